The summed E-state index contributed by atoms with van der Waals surface area (Å²) < 4.78 is 0. The van der Waals surface area contributed by atoms with Gasteiger partial charge in [0.15, 0.2) is 0 Å². The number of nitrogens with one attached hydrogen (secondary N) is 1. The lowest BCUT2D eigenvalue weighted by Crippen LogP contribution is -2.53. The normalized spacial score (nSPS) is 27.5. The van der Waals surface area contributed by atoms with E-state index in [2.05, 4.69) is 26.1 Å². The van der Waals surface area contributed by atoms with E-state index in [4.69, 9.17) is 11.6 Å². The molecular formula is C16H30ClNO. The summed E-state index contributed by atoms with van der Waals surface area (Å²) in [5.74, 6) is 1.74. The second-order valence-corrected chi connectivity index (χ2v) is 6.63. The van der Waals surface area contributed by atoms with Gasteiger partial charge in [-0.05, 0) is 44.4 Å². The minimum atomic E-state index is -0.134. The second kappa shape index (κ2) is 8.14. The first-order valence-electron chi connectivity index (χ1n) is 7.95. The molecule has 0 radical (unpaired) electrons. The van der Waals surface area contributed by atoms with Crippen LogP contribution in [0.5, 0.6) is 0 Å². The van der Waals surface area contributed by atoms with Gasteiger partial charge in [-0.3, -0.25) is 4.79 Å². The van der Waals surface area contributed by atoms with Crippen LogP contribution in [0.1, 0.15) is 72.1 Å². The molecule has 1 rings (SSSR count). The first kappa shape index (κ1) is 16.8. The number of alkyl halides is 1. The fraction of sp³-hybridized carbons (Fsp3) is 0.938. The van der Waals surface area contributed by atoms with Gasteiger partial charge in [-0.1, -0.05) is 33.6 Å². The third-order valence-electron chi connectivity index (χ3n) is 4.52. The lowest BCUT2D eigenvalue weighted by Gasteiger charge is -2.39. The number of rotatable bonds is 7. The van der Waals surface area contributed by atoms with E-state index in [1.54, 1.807) is 0 Å². The maximum Gasteiger partial charge on any atom is 0.223 e. The molecule has 1 aliphatic carbocycles. The third-order valence-corrected chi connectivity index (χ3v) is 5.03. The van der Waals surface area contributed by atoms with E-state index in [1.807, 2.05) is 0 Å². The molecule has 0 saturated heterocycles. The molecule has 0 aromatic carbocycles. The van der Waals surface area contributed by atoms with Crippen LogP contribution in [0, 0.1) is 11.8 Å². The highest BCUT2D eigenvalue weighted by atomic mass is 35.5. The van der Waals surface area contributed by atoms with Gasteiger partial charge in [0.2, 0.25) is 5.91 Å². The summed E-state index contributed by atoms with van der Waals surface area (Å²) in [5, 5.41) is 3.30. The van der Waals surface area contributed by atoms with Crippen LogP contribution in [0.25, 0.3) is 0 Å². The third kappa shape index (κ3) is 4.98. The number of carbonyl (C=O) groups is 1. The Balaban J connectivity index is 2.60. The summed E-state index contributed by atoms with van der Waals surface area (Å²) >= 11 is 6.17. The predicted molar refractivity (Wildman–Crippen MR) is 82.5 cm³/mol. The quantitative estimate of drug-likeness (QED) is 0.686. The summed E-state index contributed by atoms with van der Waals surface area (Å²) in [4.78, 5) is 12.5. The first-order chi connectivity index (χ1) is 9.06. The highest BCUT2D eigenvalue weighted by molar-refractivity contribution is 6.18. The van der Waals surface area contributed by atoms with E-state index in [1.165, 1.54) is 12.8 Å². The Morgan fingerprint density at radius 3 is 2.21 bits per heavy atom. The van der Waals surface area contributed by atoms with Gasteiger partial charge in [-0.15, -0.1) is 11.6 Å². The summed E-state index contributed by atoms with van der Waals surface area (Å²) in [6, 6.07) is 0. The van der Waals surface area contributed by atoms with E-state index in [-0.39, 0.29) is 17.4 Å². The van der Waals surface area contributed by atoms with Gasteiger partial charge in [-0.25, -0.2) is 0 Å². The van der Waals surface area contributed by atoms with Gasteiger partial charge < -0.3 is 5.32 Å². The zero-order chi connectivity index (χ0) is 14.3. The SMILES string of the molecule is CCCC(CCC)C(=O)NC1(CCl)CCC(C)CC1. The number of hydrogen-bond donors (Lipinski definition) is 1. The number of halogens is 1. The van der Waals surface area contributed by atoms with Crippen molar-refractivity contribution < 1.29 is 4.79 Å². The first-order valence-corrected chi connectivity index (χ1v) is 8.48. The van der Waals surface area contributed by atoms with Crippen LogP contribution < -0.4 is 5.32 Å². The van der Waals surface area contributed by atoms with Gasteiger partial charge in [0.1, 0.15) is 0 Å². The zero-order valence-corrected chi connectivity index (χ0v) is 13.6. The molecule has 3 heteroatoms. The van der Waals surface area contributed by atoms with E-state index >= 15 is 0 Å². The fourth-order valence-corrected chi connectivity index (χ4v) is 3.41. The van der Waals surface area contributed by atoms with Crippen molar-refractivity contribution in [3.05, 3.63) is 0 Å². The van der Waals surface area contributed by atoms with Crippen molar-refractivity contribution in [2.24, 2.45) is 11.8 Å². The van der Waals surface area contributed by atoms with Crippen molar-refractivity contribution in [2.45, 2.75) is 77.7 Å². The molecule has 1 N–H and O–H groups in total. The average Bonchev–Trinajstić information content (AvgIpc) is 2.41. The van der Waals surface area contributed by atoms with Gasteiger partial charge >= 0.3 is 0 Å². The molecule has 112 valence electrons. The molecule has 0 aliphatic heterocycles. The van der Waals surface area contributed by atoms with E-state index in [0.29, 0.717) is 5.88 Å². The van der Waals surface area contributed by atoms with Crippen LogP contribution in [0.15, 0.2) is 0 Å². The molecule has 0 aromatic rings. The van der Waals surface area contributed by atoms with Crippen LogP contribution in [0.2, 0.25) is 0 Å². The monoisotopic (exact) mass is 287 g/mol. The Hall–Kier alpha value is -0.240. The molecular weight excluding hydrogens is 258 g/mol. The van der Waals surface area contributed by atoms with Crippen molar-refractivity contribution in [2.75, 3.05) is 5.88 Å². The predicted octanol–water partition coefficient (Wildman–Crippen LogP) is 4.51. The second-order valence-electron chi connectivity index (χ2n) is 6.36. The molecule has 0 atom stereocenters. The summed E-state index contributed by atoms with van der Waals surface area (Å²) in [5.41, 5.74) is -0.134. The smallest absolute Gasteiger partial charge is 0.223 e. The van der Waals surface area contributed by atoms with Gasteiger partial charge in [0.05, 0.1) is 5.54 Å². The Labute approximate surface area is 123 Å². The lowest BCUT2D eigenvalue weighted by atomic mass is 9.78. The number of amides is 1. The topological polar surface area (TPSA) is 29.1 Å². The molecule has 0 heterocycles. The molecule has 1 saturated carbocycles. The van der Waals surface area contributed by atoms with Gasteiger partial charge in [0.25, 0.3) is 0 Å². The molecule has 0 bridgehead atoms. The van der Waals surface area contributed by atoms with E-state index in [0.717, 1.165) is 44.4 Å². The largest absolute Gasteiger partial charge is 0.349 e. The molecule has 2 nitrogen and oxygen atoms in total. The van der Waals surface area contributed by atoms with Crippen LogP contribution >= 0.6 is 11.6 Å². The van der Waals surface area contributed by atoms with E-state index < -0.39 is 0 Å². The average molecular weight is 288 g/mol. The standard InChI is InChI=1S/C16H30ClNO/c1-4-6-14(7-5-2)15(19)18-16(12-17)10-8-13(3)9-11-16/h13-14H,4-12H2,1-3H3,(H,18,19). The Morgan fingerprint density at radius 1 is 1.26 bits per heavy atom. The minimum Gasteiger partial charge on any atom is -0.349 e. The van der Waals surface area contributed by atoms with Crippen LogP contribution in [0.3, 0.4) is 0 Å². The molecule has 19 heavy (non-hydrogen) atoms. The maximum atomic E-state index is 12.5. The van der Waals surface area contributed by atoms with Crippen LogP contribution in [-0.2, 0) is 4.79 Å². The summed E-state index contributed by atoms with van der Waals surface area (Å²) in [7, 11) is 0. The number of hydrogen-bond acceptors (Lipinski definition) is 1. The van der Waals surface area contributed by atoms with Crippen molar-refractivity contribution in [1.29, 1.82) is 0 Å². The summed E-state index contributed by atoms with van der Waals surface area (Å²) in [6.07, 6.45) is 8.57. The van der Waals surface area contributed by atoms with Gasteiger partial charge in [-0.2, -0.15) is 0 Å². The van der Waals surface area contributed by atoms with Crippen molar-refractivity contribution >= 4 is 17.5 Å². The lowest BCUT2D eigenvalue weighted by molar-refractivity contribution is -0.127. The highest BCUT2D eigenvalue weighted by Gasteiger charge is 2.36. The molecule has 0 aromatic heterocycles. The molecule has 1 fully saturated rings. The van der Waals surface area contributed by atoms with Crippen molar-refractivity contribution in [1.82, 2.24) is 5.32 Å². The number of carbonyl (C=O) groups excluding carboxylic acids is 1. The Morgan fingerprint density at radius 2 is 1.79 bits per heavy atom. The van der Waals surface area contributed by atoms with Crippen molar-refractivity contribution in [3.63, 3.8) is 0 Å². The van der Waals surface area contributed by atoms with E-state index in [9.17, 15) is 4.79 Å². The van der Waals surface area contributed by atoms with Crippen LogP contribution in [0.4, 0.5) is 0 Å². The highest BCUT2D eigenvalue weighted by Crippen LogP contribution is 2.33. The molecule has 0 spiro atoms. The fourth-order valence-electron chi connectivity index (χ4n) is 3.07. The molecule has 0 unspecified atom stereocenters. The molecule has 1 aliphatic rings. The summed E-state index contributed by atoms with van der Waals surface area (Å²) in [6.45, 7) is 6.59. The van der Waals surface area contributed by atoms with Crippen molar-refractivity contribution in [3.8, 4) is 0 Å². The Bertz CT molecular complexity index is 266. The minimum absolute atomic E-state index is 0.134. The molecule has 1 amide bonds. The Kier molecular flexibility index (Phi) is 7.20. The zero-order valence-electron chi connectivity index (χ0n) is 12.8. The van der Waals surface area contributed by atoms with Crippen LogP contribution in [-0.4, -0.2) is 17.3 Å². The van der Waals surface area contributed by atoms with Gasteiger partial charge in [0, 0.05) is 11.8 Å². The maximum absolute atomic E-state index is 12.5.